The van der Waals surface area contributed by atoms with Gasteiger partial charge >= 0.3 is 0 Å². The number of amides is 1. The standard InChI is InChI=1S/C33H32FN2O/c1-4-21-14-25(17-28-27(21)16-24-15-26(24)18-33(28,3)34)31(37)35-20-32(2)13-12-23-10-11-29(36-30(23)19-32)22-8-6-5-7-9-22/h5-12,14-15,17,19H,4,13,16,18,20H2,1-3H3,(H,35,37)/t32?,33-/m1/s1. The molecule has 0 bridgehead atoms. The molecule has 3 aliphatic rings. The molecule has 2 aromatic carbocycles. The fourth-order valence-electron chi connectivity index (χ4n) is 5.78. The number of nitrogens with one attached hydrogen (secondary N) is 1. The molecule has 1 radical (unpaired) electrons. The summed E-state index contributed by atoms with van der Waals surface area (Å²) >= 11 is 0. The Hall–Kier alpha value is -3.53. The van der Waals surface area contributed by atoms with Gasteiger partial charge in [0.25, 0.3) is 5.91 Å². The van der Waals surface area contributed by atoms with Crippen LogP contribution in [0.5, 0.6) is 0 Å². The maximum Gasteiger partial charge on any atom is 0.251 e. The first-order chi connectivity index (χ1) is 17.7. The molecule has 3 aromatic rings. The van der Waals surface area contributed by atoms with Crippen LogP contribution in [0.25, 0.3) is 23.4 Å². The second kappa shape index (κ2) is 8.79. The highest BCUT2D eigenvalue weighted by molar-refractivity contribution is 5.95. The van der Waals surface area contributed by atoms with Crippen molar-refractivity contribution in [2.75, 3.05) is 6.54 Å². The number of pyridine rings is 1. The van der Waals surface area contributed by atoms with Crippen molar-refractivity contribution in [3.05, 3.63) is 105 Å². The van der Waals surface area contributed by atoms with Crippen LogP contribution < -0.4 is 15.9 Å². The lowest BCUT2D eigenvalue weighted by Gasteiger charge is -2.28. The van der Waals surface area contributed by atoms with E-state index in [0.717, 1.165) is 57.8 Å². The minimum absolute atomic E-state index is 0.152. The van der Waals surface area contributed by atoms with E-state index in [4.69, 9.17) is 4.98 Å². The topological polar surface area (TPSA) is 42.0 Å². The molecular formula is C33H32FN2O. The monoisotopic (exact) mass is 491 g/mol. The maximum absolute atomic E-state index is 15.8. The van der Waals surface area contributed by atoms with E-state index in [2.05, 4.69) is 62.0 Å². The number of rotatable bonds is 5. The Kier molecular flexibility index (Phi) is 5.67. The van der Waals surface area contributed by atoms with Crippen LogP contribution >= 0.6 is 0 Å². The number of allylic oxidation sites excluding steroid dienone is 2. The molecule has 1 N–H and O–H groups in total. The number of alkyl halides is 1. The molecule has 3 nitrogen and oxygen atoms in total. The lowest BCUT2D eigenvalue weighted by atomic mass is 9.82. The lowest BCUT2D eigenvalue weighted by Crippen LogP contribution is -2.41. The first-order valence-corrected chi connectivity index (χ1v) is 13.2. The van der Waals surface area contributed by atoms with Crippen molar-refractivity contribution in [2.24, 2.45) is 5.41 Å². The van der Waals surface area contributed by atoms with Crippen molar-refractivity contribution in [3.8, 4) is 11.3 Å². The number of benzene rings is 2. The maximum atomic E-state index is 15.8. The minimum Gasteiger partial charge on any atom is -0.351 e. The molecule has 1 aromatic heterocycles. The van der Waals surface area contributed by atoms with Gasteiger partial charge in [0.2, 0.25) is 0 Å². The molecule has 1 heterocycles. The van der Waals surface area contributed by atoms with Crippen molar-refractivity contribution < 1.29 is 9.18 Å². The Bertz CT molecular complexity index is 1570. The summed E-state index contributed by atoms with van der Waals surface area (Å²) in [5, 5.41) is 5.21. The number of carbonyl (C=O) groups excluding carboxylic acids is 1. The van der Waals surface area contributed by atoms with Gasteiger partial charge < -0.3 is 5.32 Å². The van der Waals surface area contributed by atoms with Gasteiger partial charge in [-0.25, -0.2) is 9.37 Å². The Morgan fingerprint density at radius 3 is 2.68 bits per heavy atom. The molecule has 1 unspecified atom stereocenters. The quantitative estimate of drug-likeness (QED) is 0.522. The van der Waals surface area contributed by atoms with Gasteiger partial charge in [0.15, 0.2) is 0 Å². The first-order valence-electron chi connectivity index (χ1n) is 13.2. The molecule has 0 spiro atoms. The van der Waals surface area contributed by atoms with Crippen LogP contribution in [-0.2, 0) is 18.5 Å². The van der Waals surface area contributed by atoms with Crippen LogP contribution in [0.2, 0.25) is 0 Å². The van der Waals surface area contributed by atoms with Crippen molar-refractivity contribution in [2.45, 2.75) is 52.1 Å². The highest BCUT2D eigenvalue weighted by Crippen LogP contribution is 2.49. The van der Waals surface area contributed by atoms with Crippen molar-refractivity contribution >= 4 is 18.1 Å². The average Bonchev–Trinajstić information content (AvgIpc) is 3.64. The van der Waals surface area contributed by atoms with E-state index in [9.17, 15) is 4.79 Å². The predicted octanol–water partition coefficient (Wildman–Crippen LogP) is 5.36. The summed E-state index contributed by atoms with van der Waals surface area (Å²) in [6.45, 7) is 6.35. The number of nitrogens with zero attached hydrogens (tertiary/aromatic N) is 1. The van der Waals surface area contributed by atoms with Gasteiger partial charge in [-0.05, 0) is 66.3 Å². The summed E-state index contributed by atoms with van der Waals surface area (Å²) in [5.74, 6) is -0.152. The number of halogens is 1. The number of fused-ring (bicyclic) bond motifs is 2. The van der Waals surface area contributed by atoms with E-state index < -0.39 is 5.67 Å². The molecule has 3 aliphatic carbocycles. The smallest absolute Gasteiger partial charge is 0.251 e. The Morgan fingerprint density at radius 2 is 1.89 bits per heavy atom. The van der Waals surface area contributed by atoms with Gasteiger partial charge in [0, 0.05) is 35.9 Å². The number of aromatic nitrogens is 1. The number of aryl methyl sites for hydroxylation is 1. The predicted molar refractivity (Wildman–Crippen MR) is 147 cm³/mol. The molecule has 37 heavy (non-hydrogen) atoms. The molecule has 0 saturated carbocycles. The van der Waals surface area contributed by atoms with E-state index in [1.54, 1.807) is 13.0 Å². The number of carbonyl (C=O) groups is 1. The first kappa shape index (κ1) is 23.8. The lowest BCUT2D eigenvalue weighted by molar-refractivity contribution is 0.0942. The second-order valence-corrected chi connectivity index (χ2v) is 11.2. The van der Waals surface area contributed by atoms with Crippen LogP contribution in [0.1, 0.15) is 60.7 Å². The van der Waals surface area contributed by atoms with Crippen molar-refractivity contribution in [3.63, 3.8) is 0 Å². The Labute approximate surface area is 217 Å². The van der Waals surface area contributed by atoms with E-state index in [1.807, 2.05) is 24.3 Å². The van der Waals surface area contributed by atoms with Crippen LogP contribution in [0, 0.1) is 11.8 Å². The van der Waals surface area contributed by atoms with Crippen molar-refractivity contribution in [1.82, 2.24) is 10.3 Å². The zero-order valence-corrected chi connectivity index (χ0v) is 21.7. The van der Waals surface area contributed by atoms with Gasteiger partial charge in [-0.3, -0.25) is 4.79 Å². The molecular weight excluding hydrogens is 459 g/mol. The van der Waals surface area contributed by atoms with Crippen LogP contribution in [0.15, 0.2) is 65.7 Å². The van der Waals surface area contributed by atoms with Gasteiger partial charge in [-0.2, -0.15) is 0 Å². The SMILES string of the molecule is CCc1cc(C(=O)NCC2(C)C=c3nc(-c4ccccc4)ccc3=CC2)cc2c1CC1=C([CH]1)C[C@@]2(C)F. The Morgan fingerprint density at radius 1 is 1.08 bits per heavy atom. The summed E-state index contributed by atoms with van der Waals surface area (Å²) in [6.07, 6.45) is 9.24. The average molecular weight is 492 g/mol. The third kappa shape index (κ3) is 4.54. The normalized spacial score (nSPS) is 23.6. The largest absolute Gasteiger partial charge is 0.351 e. The Balaban J connectivity index is 1.25. The van der Waals surface area contributed by atoms with Crippen LogP contribution in [0.3, 0.4) is 0 Å². The zero-order chi connectivity index (χ0) is 25.8. The third-order valence-corrected chi connectivity index (χ3v) is 8.07. The van der Waals surface area contributed by atoms with Crippen LogP contribution in [0.4, 0.5) is 4.39 Å². The molecule has 4 heteroatoms. The van der Waals surface area contributed by atoms with Gasteiger partial charge in [-0.1, -0.05) is 73.5 Å². The fraction of sp³-hybridized carbons (Fsp3) is 0.303. The van der Waals surface area contributed by atoms with E-state index >= 15 is 4.39 Å². The molecule has 0 aliphatic heterocycles. The third-order valence-electron chi connectivity index (χ3n) is 8.07. The second-order valence-electron chi connectivity index (χ2n) is 11.2. The van der Waals surface area contributed by atoms with Crippen molar-refractivity contribution in [1.29, 1.82) is 0 Å². The summed E-state index contributed by atoms with van der Waals surface area (Å²) < 4.78 is 15.8. The summed E-state index contributed by atoms with van der Waals surface area (Å²) in [4.78, 5) is 18.3. The van der Waals surface area contributed by atoms with Gasteiger partial charge in [0.05, 0.1) is 11.0 Å². The molecule has 0 fully saturated rings. The fourth-order valence-corrected chi connectivity index (χ4v) is 5.78. The van der Waals surface area contributed by atoms with E-state index in [0.29, 0.717) is 24.1 Å². The molecule has 187 valence electrons. The number of hydrogen-bond donors (Lipinski definition) is 1. The summed E-state index contributed by atoms with van der Waals surface area (Å²) in [6, 6.07) is 18.1. The minimum atomic E-state index is -1.47. The summed E-state index contributed by atoms with van der Waals surface area (Å²) in [7, 11) is 0. The van der Waals surface area contributed by atoms with Gasteiger partial charge in [-0.15, -0.1) is 0 Å². The molecule has 2 atom stereocenters. The number of hydrogen-bond acceptors (Lipinski definition) is 2. The zero-order valence-electron chi connectivity index (χ0n) is 21.7. The molecule has 1 amide bonds. The highest BCUT2D eigenvalue weighted by atomic mass is 19.1. The van der Waals surface area contributed by atoms with Gasteiger partial charge in [0.1, 0.15) is 5.67 Å². The summed E-state index contributed by atoms with van der Waals surface area (Å²) in [5.41, 5.74) is 6.03. The molecule has 0 saturated heterocycles. The van der Waals surface area contributed by atoms with Crippen LogP contribution in [-0.4, -0.2) is 17.4 Å². The molecule has 6 rings (SSSR count). The highest BCUT2D eigenvalue weighted by Gasteiger charge is 2.40. The van der Waals surface area contributed by atoms with E-state index in [-0.39, 0.29) is 11.3 Å². The van der Waals surface area contributed by atoms with E-state index in [1.165, 1.54) is 5.57 Å².